The van der Waals surface area contributed by atoms with Crippen LogP contribution in [-0.4, -0.2) is 25.5 Å². The number of ether oxygens (including phenoxy) is 1. The van der Waals surface area contributed by atoms with Crippen molar-refractivity contribution in [2.75, 3.05) is 19.8 Å². The van der Waals surface area contributed by atoms with Crippen LogP contribution in [0.5, 0.6) is 0 Å². The molecular weight excluding hydrogens is 273 g/mol. The van der Waals surface area contributed by atoms with Gasteiger partial charge in [-0.3, -0.25) is 4.79 Å². The largest absolute Gasteiger partial charge is 0.381 e. The van der Waals surface area contributed by atoms with E-state index in [-0.39, 0.29) is 5.78 Å². The van der Waals surface area contributed by atoms with E-state index in [4.69, 9.17) is 33.7 Å². The standard InChI is InChI=1S/C13H15Cl2NO2/c14-10-2-1-9(7-11(10)15)12(17)13(8-16)3-5-18-6-4-13/h1-2,7H,3-6,8,16H2. The van der Waals surface area contributed by atoms with E-state index in [2.05, 4.69) is 0 Å². The first kappa shape index (κ1) is 13.8. The fraction of sp³-hybridized carbons (Fsp3) is 0.462. The van der Waals surface area contributed by atoms with Crippen molar-refractivity contribution in [3.63, 3.8) is 0 Å². The molecule has 2 N–H and O–H groups in total. The van der Waals surface area contributed by atoms with Gasteiger partial charge in [0, 0.05) is 25.3 Å². The second kappa shape index (κ2) is 5.57. The molecule has 1 saturated heterocycles. The molecule has 0 unspecified atom stereocenters. The number of carbonyl (C=O) groups is 1. The molecule has 0 aliphatic carbocycles. The van der Waals surface area contributed by atoms with Crippen LogP contribution in [0, 0.1) is 5.41 Å². The molecule has 1 aliphatic heterocycles. The van der Waals surface area contributed by atoms with E-state index in [9.17, 15) is 4.79 Å². The van der Waals surface area contributed by atoms with E-state index in [1.54, 1.807) is 18.2 Å². The van der Waals surface area contributed by atoms with E-state index >= 15 is 0 Å². The Balaban J connectivity index is 2.30. The number of rotatable bonds is 3. The molecule has 0 radical (unpaired) electrons. The van der Waals surface area contributed by atoms with Crippen LogP contribution < -0.4 is 5.73 Å². The highest BCUT2D eigenvalue weighted by atomic mass is 35.5. The minimum atomic E-state index is -0.518. The Morgan fingerprint density at radius 2 is 1.94 bits per heavy atom. The minimum absolute atomic E-state index is 0.0341. The molecule has 0 saturated carbocycles. The van der Waals surface area contributed by atoms with Crippen molar-refractivity contribution in [2.24, 2.45) is 11.1 Å². The Morgan fingerprint density at radius 3 is 2.50 bits per heavy atom. The monoisotopic (exact) mass is 287 g/mol. The van der Waals surface area contributed by atoms with Gasteiger partial charge in [0.1, 0.15) is 0 Å². The number of hydrogen-bond acceptors (Lipinski definition) is 3. The Kier molecular flexibility index (Phi) is 4.28. The summed E-state index contributed by atoms with van der Waals surface area (Å²) in [4.78, 5) is 12.6. The van der Waals surface area contributed by atoms with Gasteiger partial charge in [0.2, 0.25) is 0 Å². The quantitative estimate of drug-likeness (QED) is 0.870. The van der Waals surface area contributed by atoms with Crippen molar-refractivity contribution >= 4 is 29.0 Å². The third-order valence-electron chi connectivity index (χ3n) is 3.50. The first-order valence-corrected chi connectivity index (χ1v) is 6.62. The summed E-state index contributed by atoms with van der Waals surface area (Å²) in [7, 11) is 0. The maximum atomic E-state index is 12.6. The second-order valence-corrected chi connectivity index (χ2v) is 5.37. The lowest BCUT2D eigenvalue weighted by molar-refractivity contribution is 0.0200. The first-order valence-electron chi connectivity index (χ1n) is 5.87. The van der Waals surface area contributed by atoms with E-state index in [0.29, 0.717) is 48.2 Å². The number of benzene rings is 1. The molecule has 1 aliphatic rings. The van der Waals surface area contributed by atoms with Crippen molar-refractivity contribution in [1.29, 1.82) is 0 Å². The molecule has 0 atom stereocenters. The van der Waals surface area contributed by atoms with E-state index in [1.165, 1.54) is 0 Å². The Morgan fingerprint density at radius 1 is 1.28 bits per heavy atom. The highest BCUT2D eigenvalue weighted by molar-refractivity contribution is 6.42. The van der Waals surface area contributed by atoms with Crippen LogP contribution in [0.15, 0.2) is 18.2 Å². The summed E-state index contributed by atoms with van der Waals surface area (Å²) in [6.45, 7) is 1.48. The lowest BCUT2D eigenvalue weighted by Crippen LogP contribution is -2.43. The number of halogens is 2. The van der Waals surface area contributed by atoms with Crippen LogP contribution in [0.2, 0.25) is 10.0 Å². The average molecular weight is 288 g/mol. The highest BCUT2D eigenvalue weighted by Gasteiger charge is 2.39. The third-order valence-corrected chi connectivity index (χ3v) is 4.24. The molecule has 1 aromatic carbocycles. The van der Waals surface area contributed by atoms with Gasteiger partial charge in [0.05, 0.1) is 15.5 Å². The van der Waals surface area contributed by atoms with Crippen LogP contribution in [0.1, 0.15) is 23.2 Å². The SMILES string of the molecule is NCC1(C(=O)c2ccc(Cl)c(Cl)c2)CCOCC1. The van der Waals surface area contributed by atoms with Crippen LogP contribution in [0.3, 0.4) is 0 Å². The fourth-order valence-electron chi connectivity index (χ4n) is 2.23. The molecule has 18 heavy (non-hydrogen) atoms. The maximum Gasteiger partial charge on any atom is 0.170 e. The van der Waals surface area contributed by atoms with Gasteiger partial charge in [-0.2, -0.15) is 0 Å². The van der Waals surface area contributed by atoms with Crippen LogP contribution >= 0.6 is 23.2 Å². The van der Waals surface area contributed by atoms with Gasteiger partial charge in [-0.25, -0.2) is 0 Å². The van der Waals surface area contributed by atoms with Crippen LogP contribution in [0.25, 0.3) is 0 Å². The molecule has 3 nitrogen and oxygen atoms in total. The summed E-state index contributed by atoms with van der Waals surface area (Å²) in [6, 6.07) is 4.95. The molecule has 0 amide bonds. The lowest BCUT2D eigenvalue weighted by Gasteiger charge is -2.34. The van der Waals surface area contributed by atoms with Gasteiger partial charge in [-0.15, -0.1) is 0 Å². The number of hydrogen-bond donors (Lipinski definition) is 1. The normalized spacial score (nSPS) is 18.6. The average Bonchev–Trinajstić information content (AvgIpc) is 2.42. The Bertz CT molecular complexity index is 456. The molecule has 0 spiro atoms. The maximum absolute atomic E-state index is 12.6. The molecule has 0 aromatic heterocycles. The predicted molar refractivity (Wildman–Crippen MR) is 72.3 cm³/mol. The summed E-state index contributed by atoms with van der Waals surface area (Å²) >= 11 is 11.8. The molecule has 5 heteroatoms. The third kappa shape index (κ3) is 2.54. The van der Waals surface area contributed by atoms with Crippen molar-refractivity contribution < 1.29 is 9.53 Å². The zero-order chi connectivity index (χ0) is 13.2. The summed E-state index contributed by atoms with van der Waals surface area (Å²) < 4.78 is 5.30. The van der Waals surface area contributed by atoms with Crippen LogP contribution in [0.4, 0.5) is 0 Å². The van der Waals surface area contributed by atoms with Gasteiger partial charge in [-0.1, -0.05) is 23.2 Å². The van der Waals surface area contributed by atoms with Crippen LogP contribution in [-0.2, 0) is 4.74 Å². The van der Waals surface area contributed by atoms with Crippen molar-refractivity contribution in [1.82, 2.24) is 0 Å². The summed E-state index contributed by atoms with van der Waals surface area (Å²) in [6.07, 6.45) is 1.31. The summed E-state index contributed by atoms with van der Waals surface area (Å²) in [5.74, 6) is 0.0341. The van der Waals surface area contributed by atoms with Gasteiger partial charge in [-0.05, 0) is 31.0 Å². The number of nitrogens with two attached hydrogens (primary N) is 1. The summed E-state index contributed by atoms with van der Waals surface area (Å²) in [5, 5.41) is 0.837. The van der Waals surface area contributed by atoms with Crippen molar-refractivity contribution in [3.8, 4) is 0 Å². The first-order chi connectivity index (χ1) is 8.59. The predicted octanol–water partition coefficient (Wildman–Crippen LogP) is 2.93. The van der Waals surface area contributed by atoms with Gasteiger partial charge in [0.25, 0.3) is 0 Å². The molecule has 2 rings (SSSR count). The van der Waals surface area contributed by atoms with E-state index < -0.39 is 5.41 Å². The fourth-order valence-corrected chi connectivity index (χ4v) is 2.53. The zero-order valence-corrected chi connectivity index (χ0v) is 11.4. The van der Waals surface area contributed by atoms with Gasteiger partial charge < -0.3 is 10.5 Å². The molecular formula is C13H15Cl2NO2. The molecule has 1 aromatic rings. The second-order valence-electron chi connectivity index (χ2n) is 4.55. The smallest absolute Gasteiger partial charge is 0.170 e. The molecule has 1 heterocycles. The molecule has 1 fully saturated rings. The van der Waals surface area contributed by atoms with Gasteiger partial charge >= 0.3 is 0 Å². The number of ketones is 1. The number of carbonyl (C=O) groups excluding carboxylic acids is 1. The lowest BCUT2D eigenvalue weighted by atomic mass is 9.74. The Hall–Kier alpha value is -0.610. The van der Waals surface area contributed by atoms with Gasteiger partial charge in [0.15, 0.2) is 5.78 Å². The number of Topliss-reactive ketones (excluding diaryl/α,β-unsaturated/α-hetero) is 1. The Labute approximate surface area is 116 Å². The van der Waals surface area contributed by atoms with E-state index in [0.717, 1.165) is 0 Å². The molecule has 98 valence electrons. The van der Waals surface area contributed by atoms with Crippen molar-refractivity contribution in [3.05, 3.63) is 33.8 Å². The molecule has 0 bridgehead atoms. The topological polar surface area (TPSA) is 52.3 Å². The highest BCUT2D eigenvalue weighted by Crippen LogP contribution is 2.34. The zero-order valence-electron chi connectivity index (χ0n) is 9.92. The van der Waals surface area contributed by atoms with E-state index in [1.807, 2.05) is 0 Å². The minimum Gasteiger partial charge on any atom is -0.381 e. The summed E-state index contributed by atoms with van der Waals surface area (Å²) in [5.41, 5.74) is 5.86. The van der Waals surface area contributed by atoms with Crippen molar-refractivity contribution in [2.45, 2.75) is 12.8 Å².